The third-order valence-electron chi connectivity index (χ3n) is 13.5. The third kappa shape index (κ3) is 8.27. The van der Waals surface area contributed by atoms with Crippen molar-refractivity contribution in [3.63, 3.8) is 0 Å². The van der Waals surface area contributed by atoms with Crippen molar-refractivity contribution in [2.24, 2.45) is 16.7 Å². The van der Waals surface area contributed by atoms with E-state index in [1.165, 1.54) is 32.9 Å². The second-order valence-corrected chi connectivity index (χ2v) is 17.6. The fourth-order valence-electron chi connectivity index (χ4n) is 10.0. The van der Waals surface area contributed by atoms with E-state index in [1.54, 1.807) is 39.0 Å². The highest BCUT2D eigenvalue weighted by Crippen LogP contribution is 2.64. The second kappa shape index (κ2) is 17.9. The van der Waals surface area contributed by atoms with E-state index in [0.29, 0.717) is 12.1 Å². The fourth-order valence-corrected chi connectivity index (χ4v) is 10.0. The van der Waals surface area contributed by atoms with Gasteiger partial charge >= 0.3 is 17.9 Å². The standard InChI is InChI=1S/C31H38O11.C17H19NO2/c1-15-19(34)13-31(38)26(41-27(37)18-10-8-7-9-11-18)24-29(6,20(35)12-21-30(24,14-39-21)42-17(3)33)25(36)23(40-16(2)32)22(15)28(31,4)5;1-13(19)17(20)16(15-10-6-3-7-11-15)18-12-14-8-4-2-5-9-14/h7-11,19-21,23-24,26,34-35,38H,12-14H2,1-6H3;2-11,16-18,20H,12H2,1H3/t19-,20?,21?,23+,24-,26-,29+,30-,31+;16-,17-/m00/s1. The van der Waals surface area contributed by atoms with Crippen molar-refractivity contribution in [1.82, 2.24) is 5.32 Å². The summed E-state index contributed by atoms with van der Waals surface area (Å²) < 4.78 is 23.5. The molecule has 0 radical (unpaired) electrons. The molecule has 2 saturated carbocycles. The normalized spacial score (nSPS) is 31.8. The molecule has 2 unspecified atom stereocenters. The average molecular weight is 856 g/mol. The van der Waals surface area contributed by atoms with Gasteiger partial charge in [0.1, 0.15) is 23.9 Å². The van der Waals surface area contributed by atoms with Gasteiger partial charge in [0, 0.05) is 38.6 Å². The van der Waals surface area contributed by atoms with Gasteiger partial charge in [-0.15, -0.1) is 0 Å². The predicted octanol–water partition coefficient (Wildman–Crippen LogP) is 4.12. The Hall–Kier alpha value is -5.09. The van der Waals surface area contributed by atoms with Crippen LogP contribution in [0.25, 0.3) is 0 Å². The Labute approximate surface area is 361 Å². The Morgan fingerprint density at radius 1 is 0.855 bits per heavy atom. The third-order valence-corrected chi connectivity index (χ3v) is 13.5. The monoisotopic (exact) mass is 855 g/mol. The van der Waals surface area contributed by atoms with Crippen molar-refractivity contribution in [1.29, 1.82) is 0 Å². The zero-order valence-electron chi connectivity index (χ0n) is 36.1. The number of rotatable bonds is 10. The van der Waals surface area contributed by atoms with E-state index in [0.717, 1.165) is 18.1 Å². The summed E-state index contributed by atoms with van der Waals surface area (Å²) in [6.07, 6.45) is -8.31. The molecule has 1 aliphatic heterocycles. The van der Waals surface area contributed by atoms with Crippen molar-refractivity contribution in [2.75, 3.05) is 6.61 Å². The molecule has 2 bridgehead atoms. The smallest absolute Gasteiger partial charge is 0.338 e. The van der Waals surface area contributed by atoms with Gasteiger partial charge in [-0.3, -0.25) is 19.2 Å². The Morgan fingerprint density at radius 2 is 1.44 bits per heavy atom. The maximum absolute atomic E-state index is 14.8. The number of carbonyl (C=O) groups excluding carboxylic acids is 5. The molecule has 3 aliphatic carbocycles. The molecular formula is C48H57NO13. The molecule has 1 saturated heterocycles. The first-order chi connectivity index (χ1) is 29.2. The molecule has 0 amide bonds. The molecule has 11 atom stereocenters. The van der Waals surface area contributed by atoms with E-state index in [1.807, 2.05) is 60.7 Å². The SMILES string of the molecule is CC(=O)O[C@H]1C(=O)[C@]2(C)C(O)CC3OC[C@@]3(OC(C)=O)[C@H]2[C@H](OC(=O)c2ccccc2)[C@]2(O)C[C@H](O)C(C)=C1C2(C)C.CC(=O)[C@H](O)[C@@H](NCc1ccccc1)c1ccccc1. The van der Waals surface area contributed by atoms with Crippen LogP contribution in [-0.2, 0) is 44.7 Å². The molecule has 0 spiro atoms. The highest BCUT2D eigenvalue weighted by molar-refractivity contribution is 5.95. The number of Topliss-reactive ketones (excluding diaryl/α,β-unsaturated/α-hetero) is 2. The molecule has 3 aromatic rings. The van der Waals surface area contributed by atoms with Crippen LogP contribution in [0.5, 0.6) is 0 Å². The van der Waals surface area contributed by atoms with Crippen LogP contribution >= 0.6 is 0 Å². The van der Waals surface area contributed by atoms with Crippen molar-refractivity contribution < 1.29 is 63.3 Å². The Kier molecular flexibility index (Phi) is 13.4. The summed E-state index contributed by atoms with van der Waals surface area (Å²) in [5.41, 5.74) is -4.35. The van der Waals surface area contributed by atoms with Gasteiger partial charge < -0.3 is 44.7 Å². The van der Waals surface area contributed by atoms with E-state index in [2.05, 4.69) is 5.32 Å². The van der Waals surface area contributed by atoms with Gasteiger partial charge in [0.15, 0.2) is 23.3 Å². The number of aliphatic hydroxyl groups excluding tert-OH is 3. The number of fused-ring (bicyclic) bond motifs is 5. The first kappa shape index (κ1) is 46.4. The number of ketones is 2. The van der Waals surface area contributed by atoms with Crippen molar-refractivity contribution in [2.45, 2.75) is 122 Å². The van der Waals surface area contributed by atoms with E-state index in [9.17, 15) is 44.4 Å². The predicted molar refractivity (Wildman–Crippen MR) is 224 cm³/mol. The maximum atomic E-state index is 14.8. The minimum absolute atomic E-state index is 0.110. The molecule has 14 nitrogen and oxygen atoms in total. The summed E-state index contributed by atoms with van der Waals surface area (Å²) in [6.45, 7) is 10.4. The summed E-state index contributed by atoms with van der Waals surface area (Å²) in [6, 6.07) is 27.1. The van der Waals surface area contributed by atoms with Crippen molar-refractivity contribution in [3.05, 3.63) is 119 Å². The molecule has 14 heteroatoms. The number of hydrogen-bond acceptors (Lipinski definition) is 14. The number of aliphatic hydroxyl groups is 4. The highest BCUT2D eigenvalue weighted by atomic mass is 16.6. The van der Waals surface area contributed by atoms with E-state index in [-0.39, 0.29) is 36.4 Å². The highest BCUT2D eigenvalue weighted by Gasteiger charge is 2.78. The topological polar surface area (TPSA) is 215 Å². The van der Waals surface area contributed by atoms with Crippen molar-refractivity contribution in [3.8, 4) is 0 Å². The maximum Gasteiger partial charge on any atom is 0.338 e. The number of hydrogen-bond donors (Lipinski definition) is 5. The summed E-state index contributed by atoms with van der Waals surface area (Å²) in [5, 5.41) is 49.2. The average Bonchev–Trinajstić information content (AvgIpc) is 3.23. The molecule has 1 heterocycles. The van der Waals surface area contributed by atoms with Gasteiger partial charge in [-0.25, -0.2) is 4.79 Å². The molecule has 332 valence electrons. The first-order valence-corrected chi connectivity index (χ1v) is 20.8. The summed E-state index contributed by atoms with van der Waals surface area (Å²) >= 11 is 0. The van der Waals surface area contributed by atoms with E-state index >= 15 is 0 Å². The van der Waals surface area contributed by atoms with Crippen LogP contribution < -0.4 is 5.32 Å². The van der Waals surface area contributed by atoms with Gasteiger partial charge in [-0.2, -0.15) is 0 Å². The fraction of sp³-hybridized carbons (Fsp3) is 0.479. The Bertz CT molecular complexity index is 2180. The lowest BCUT2D eigenvalue weighted by molar-refractivity contribution is -0.345. The second-order valence-electron chi connectivity index (χ2n) is 17.6. The van der Waals surface area contributed by atoms with Crippen LogP contribution in [0.2, 0.25) is 0 Å². The van der Waals surface area contributed by atoms with Gasteiger partial charge in [0.25, 0.3) is 0 Å². The number of ether oxygens (including phenoxy) is 4. The van der Waals surface area contributed by atoms with Crippen LogP contribution in [0.3, 0.4) is 0 Å². The Morgan fingerprint density at radius 3 is 1.97 bits per heavy atom. The molecule has 3 aromatic carbocycles. The zero-order chi connectivity index (χ0) is 45.4. The lowest BCUT2D eigenvalue weighted by Crippen LogP contribution is -2.81. The number of benzene rings is 3. The lowest BCUT2D eigenvalue weighted by atomic mass is 9.44. The van der Waals surface area contributed by atoms with Gasteiger partial charge in [0.2, 0.25) is 0 Å². The Balaban J connectivity index is 0.000000268. The zero-order valence-corrected chi connectivity index (χ0v) is 36.1. The molecule has 7 rings (SSSR count). The number of esters is 3. The molecule has 3 fully saturated rings. The van der Waals surface area contributed by atoms with Gasteiger partial charge in [0.05, 0.1) is 41.8 Å². The van der Waals surface area contributed by atoms with Crippen LogP contribution in [0, 0.1) is 16.7 Å². The largest absolute Gasteiger partial charge is 0.455 e. The molecule has 62 heavy (non-hydrogen) atoms. The first-order valence-electron chi connectivity index (χ1n) is 20.8. The van der Waals surface area contributed by atoms with Crippen LogP contribution in [0.1, 0.15) is 88.8 Å². The number of carbonyl (C=O) groups is 5. The lowest BCUT2D eigenvalue weighted by Gasteiger charge is -2.67. The van der Waals surface area contributed by atoms with Crippen LogP contribution in [0.15, 0.2) is 102 Å². The minimum atomic E-state index is -2.11. The van der Waals surface area contributed by atoms with Gasteiger partial charge in [-0.05, 0) is 55.2 Å². The van der Waals surface area contributed by atoms with E-state index < -0.39 is 94.3 Å². The van der Waals surface area contributed by atoms with Crippen LogP contribution in [0.4, 0.5) is 0 Å². The van der Waals surface area contributed by atoms with Gasteiger partial charge in [-0.1, -0.05) is 92.7 Å². The summed E-state index contributed by atoms with van der Waals surface area (Å²) in [5.74, 6) is -4.65. The number of nitrogens with one attached hydrogen (secondary N) is 1. The van der Waals surface area contributed by atoms with E-state index in [4.69, 9.17) is 18.9 Å². The van der Waals surface area contributed by atoms with Crippen molar-refractivity contribution >= 4 is 29.5 Å². The molecule has 5 N–H and O–H groups in total. The minimum Gasteiger partial charge on any atom is -0.455 e. The van der Waals surface area contributed by atoms with Crippen LogP contribution in [-0.4, -0.2) is 104 Å². The molecular weight excluding hydrogens is 799 g/mol. The summed E-state index contributed by atoms with van der Waals surface area (Å²) in [7, 11) is 0. The summed E-state index contributed by atoms with van der Waals surface area (Å²) in [4.78, 5) is 64.9. The molecule has 0 aromatic heterocycles. The molecule has 4 aliphatic rings. The quantitative estimate of drug-likeness (QED) is 0.110.